The summed E-state index contributed by atoms with van der Waals surface area (Å²) in [6.07, 6.45) is 6.07. The summed E-state index contributed by atoms with van der Waals surface area (Å²) >= 11 is 0. The van der Waals surface area contributed by atoms with Gasteiger partial charge in [-0.1, -0.05) is 26.7 Å². The van der Waals surface area contributed by atoms with Gasteiger partial charge in [0.25, 0.3) is 0 Å². The molecule has 0 bridgehead atoms. The standard InChI is InChI=1S/C12H22N4/c1-8(2)7-10(13)12-14-11(15-16-12)9-5-3-4-6-9/h8-10H,3-7,13H2,1-2H3,(H,14,15,16)/t10-/m1/s1. The molecule has 1 aromatic heterocycles. The maximum Gasteiger partial charge on any atom is 0.167 e. The van der Waals surface area contributed by atoms with Crippen molar-refractivity contribution in [2.45, 2.75) is 57.9 Å². The largest absolute Gasteiger partial charge is 0.321 e. The van der Waals surface area contributed by atoms with Gasteiger partial charge in [0.1, 0.15) is 5.82 Å². The molecule has 4 heteroatoms. The summed E-state index contributed by atoms with van der Waals surface area (Å²) in [5, 5.41) is 7.31. The Hall–Kier alpha value is -0.900. The lowest BCUT2D eigenvalue weighted by molar-refractivity contribution is 0.493. The third kappa shape index (κ3) is 2.61. The van der Waals surface area contributed by atoms with E-state index >= 15 is 0 Å². The topological polar surface area (TPSA) is 67.6 Å². The van der Waals surface area contributed by atoms with Crippen LogP contribution in [0.5, 0.6) is 0 Å². The summed E-state index contributed by atoms with van der Waals surface area (Å²) in [5.74, 6) is 3.01. The molecule has 1 aromatic rings. The van der Waals surface area contributed by atoms with Crippen LogP contribution < -0.4 is 5.73 Å². The van der Waals surface area contributed by atoms with E-state index in [1.165, 1.54) is 25.7 Å². The van der Waals surface area contributed by atoms with Gasteiger partial charge >= 0.3 is 0 Å². The van der Waals surface area contributed by atoms with Crippen molar-refractivity contribution in [1.29, 1.82) is 0 Å². The van der Waals surface area contributed by atoms with Gasteiger partial charge in [0.15, 0.2) is 5.82 Å². The van der Waals surface area contributed by atoms with E-state index in [-0.39, 0.29) is 6.04 Å². The molecule has 0 unspecified atom stereocenters. The lowest BCUT2D eigenvalue weighted by Gasteiger charge is -2.09. The average Bonchev–Trinajstić information content (AvgIpc) is 2.87. The second kappa shape index (κ2) is 4.95. The van der Waals surface area contributed by atoms with Crippen LogP contribution in [0.3, 0.4) is 0 Å². The molecule has 1 heterocycles. The second-order valence-electron chi connectivity index (χ2n) is 5.30. The Morgan fingerprint density at radius 3 is 2.69 bits per heavy atom. The van der Waals surface area contributed by atoms with Crippen molar-refractivity contribution in [3.63, 3.8) is 0 Å². The van der Waals surface area contributed by atoms with Crippen LogP contribution in [-0.4, -0.2) is 15.2 Å². The van der Waals surface area contributed by atoms with Crippen LogP contribution in [0.4, 0.5) is 0 Å². The smallest absolute Gasteiger partial charge is 0.167 e. The number of hydrogen-bond donors (Lipinski definition) is 2. The van der Waals surface area contributed by atoms with E-state index in [0.29, 0.717) is 11.8 Å². The fourth-order valence-corrected chi connectivity index (χ4v) is 2.45. The van der Waals surface area contributed by atoms with Gasteiger partial charge in [0.05, 0.1) is 6.04 Å². The molecule has 90 valence electrons. The zero-order valence-electron chi connectivity index (χ0n) is 10.2. The molecule has 0 aromatic carbocycles. The Morgan fingerprint density at radius 1 is 1.38 bits per heavy atom. The molecule has 1 atom stereocenters. The van der Waals surface area contributed by atoms with Gasteiger partial charge < -0.3 is 5.73 Å². The molecule has 0 spiro atoms. The summed E-state index contributed by atoms with van der Waals surface area (Å²) in [6, 6.07) is -0.0218. The summed E-state index contributed by atoms with van der Waals surface area (Å²) < 4.78 is 0. The fraction of sp³-hybridized carbons (Fsp3) is 0.833. The van der Waals surface area contributed by atoms with Gasteiger partial charge in [-0.15, -0.1) is 0 Å². The van der Waals surface area contributed by atoms with E-state index in [9.17, 15) is 0 Å². The molecule has 0 aliphatic heterocycles. The van der Waals surface area contributed by atoms with Crippen LogP contribution in [0.25, 0.3) is 0 Å². The Morgan fingerprint density at radius 2 is 2.06 bits per heavy atom. The summed E-state index contributed by atoms with van der Waals surface area (Å²) in [7, 11) is 0. The van der Waals surface area contributed by atoms with E-state index in [0.717, 1.165) is 18.1 Å². The summed E-state index contributed by atoms with van der Waals surface area (Å²) in [6.45, 7) is 4.34. The van der Waals surface area contributed by atoms with Gasteiger partial charge in [-0.25, -0.2) is 4.98 Å². The van der Waals surface area contributed by atoms with Crippen LogP contribution in [0.1, 0.15) is 69.6 Å². The third-order valence-electron chi connectivity index (χ3n) is 3.32. The number of nitrogens with two attached hydrogens (primary N) is 1. The van der Waals surface area contributed by atoms with Gasteiger partial charge in [0, 0.05) is 5.92 Å². The number of hydrogen-bond acceptors (Lipinski definition) is 3. The molecule has 2 rings (SSSR count). The minimum Gasteiger partial charge on any atom is -0.321 e. The fourth-order valence-electron chi connectivity index (χ4n) is 2.45. The predicted octanol–water partition coefficient (Wildman–Crippen LogP) is 2.51. The summed E-state index contributed by atoms with van der Waals surface area (Å²) in [5.41, 5.74) is 6.06. The maximum absolute atomic E-state index is 6.06. The molecular weight excluding hydrogens is 200 g/mol. The molecule has 0 amide bonds. The Bertz CT molecular complexity index is 326. The number of nitrogens with one attached hydrogen (secondary N) is 1. The van der Waals surface area contributed by atoms with Crippen molar-refractivity contribution < 1.29 is 0 Å². The first-order chi connectivity index (χ1) is 7.66. The SMILES string of the molecule is CC(C)C[C@@H](N)c1n[nH]c(C2CCCC2)n1. The van der Waals surface area contributed by atoms with E-state index in [1.54, 1.807) is 0 Å². The van der Waals surface area contributed by atoms with Gasteiger partial charge in [-0.05, 0) is 25.2 Å². The highest BCUT2D eigenvalue weighted by Gasteiger charge is 2.22. The molecule has 1 fully saturated rings. The molecular formula is C12H22N4. The average molecular weight is 222 g/mol. The molecule has 3 N–H and O–H groups in total. The Labute approximate surface area is 97.0 Å². The van der Waals surface area contributed by atoms with Crippen LogP contribution in [0.2, 0.25) is 0 Å². The first kappa shape index (κ1) is 11.6. The van der Waals surface area contributed by atoms with E-state index in [4.69, 9.17) is 5.73 Å². The zero-order valence-corrected chi connectivity index (χ0v) is 10.2. The van der Waals surface area contributed by atoms with E-state index < -0.39 is 0 Å². The lowest BCUT2D eigenvalue weighted by atomic mass is 10.0. The first-order valence-corrected chi connectivity index (χ1v) is 6.34. The molecule has 16 heavy (non-hydrogen) atoms. The minimum atomic E-state index is -0.0218. The second-order valence-corrected chi connectivity index (χ2v) is 5.30. The number of H-pyrrole nitrogens is 1. The van der Waals surface area contributed by atoms with Crippen molar-refractivity contribution in [2.75, 3.05) is 0 Å². The van der Waals surface area contributed by atoms with Crippen molar-refractivity contribution in [2.24, 2.45) is 11.7 Å². The quantitative estimate of drug-likeness (QED) is 0.822. The number of rotatable bonds is 4. The highest BCUT2D eigenvalue weighted by Crippen LogP contribution is 2.32. The summed E-state index contributed by atoms with van der Waals surface area (Å²) in [4.78, 5) is 4.55. The van der Waals surface area contributed by atoms with Crippen molar-refractivity contribution in [1.82, 2.24) is 15.2 Å². The first-order valence-electron chi connectivity index (χ1n) is 6.34. The molecule has 1 saturated carbocycles. The van der Waals surface area contributed by atoms with E-state index in [1.807, 2.05) is 0 Å². The van der Waals surface area contributed by atoms with Crippen molar-refractivity contribution >= 4 is 0 Å². The Balaban J connectivity index is 2.00. The van der Waals surface area contributed by atoms with Crippen LogP contribution in [0.15, 0.2) is 0 Å². The monoisotopic (exact) mass is 222 g/mol. The van der Waals surface area contributed by atoms with Gasteiger partial charge in [0.2, 0.25) is 0 Å². The highest BCUT2D eigenvalue weighted by molar-refractivity contribution is 5.02. The molecule has 4 nitrogen and oxygen atoms in total. The van der Waals surface area contributed by atoms with E-state index in [2.05, 4.69) is 29.0 Å². The number of nitrogens with zero attached hydrogens (tertiary/aromatic N) is 2. The number of aromatic nitrogens is 3. The molecule has 0 radical (unpaired) electrons. The minimum absolute atomic E-state index is 0.0218. The van der Waals surface area contributed by atoms with Crippen LogP contribution in [-0.2, 0) is 0 Å². The van der Waals surface area contributed by atoms with Gasteiger partial charge in [-0.3, -0.25) is 5.10 Å². The normalized spacial score (nSPS) is 19.5. The van der Waals surface area contributed by atoms with Crippen molar-refractivity contribution in [3.05, 3.63) is 11.6 Å². The Kier molecular flexibility index (Phi) is 3.59. The molecule has 0 saturated heterocycles. The third-order valence-corrected chi connectivity index (χ3v) is 3.32. The van der Waals surface area contributed by atoms with Gasteiger partial charge in [-0.2, -0.15) is 5.10 Å². The lowest BCUT2D eigenvalue weighted by Crippen LogP contribution is -2.14. The number of aromatic amines is 1. The van der Waals surface area contributed by atoms with Crippen LogP contribution >= 0.6 is 0 Å². The molecule has 1 aliphatic carbocycles. The zero-order chi connectivity index (χ0) is 11.5. The van der Waals surface area contributed by atoms with Crippen LogP contribution in [0, 0.1) is 5.92 Å². The van der Waals surface area contributed by atoms with Crippen molar-refractivity contribution in [3.8, 4) is 0 Å². The predicted molar refractivity (Wildman–Crippen MR) is 64.0 cm³/mol. The molecule has 1 aliphatic rings. The highest BCUT2D eigenvalue weighted by atomic mass is 15.2. The maximum atomic E-state index is 6.06.